The van der Waals surface area contributed by atoms with E-state index in [1.807, 2.05) is 6.07 Å². The Labute approximate surface area is 110 Å². The number of para-hydroxylation sites is 1. The van der Waals surface area contributed by atoms with E-state index < -0.39 is 0 Å². The number of amides is 1. The van der Waals surface area contributed by atoms with Crippen LogP contribution in [0.1, 0.15) is 15.9 Å². The minimum Gasteiger partial charge on any atom is -0.321 e. The van der Waals surface area contributed by atoms with E-state index in [0.717, 1.165) is 5.56 Å². The number of pyridine rings is 1. The lowest BCUT2D eigenvalue weighted by Gasteiger charge is -2.07. The summed E-state index contributed by atoms with van der Waals surface area (Å²) >= 11 is 0. The first-order chi connectivity index (χ1) is 9.31. The molecule has 0 spiro atoms. The molecule has 0 unspecified atom stereocenters. The third-order valence-corrected chi connectivity index (χ3v) is 2.46. The predicted molar refractivity (Wildman–Crippen MR) is 73.4 cm³/mol. The summed E-state index contributed by atoms with van der Waals surface area (Å²) in [4.78, 5) is 26.1. The number of allylic oxidation sites excluding steroid dienone is 1. The molecular formula is C15H11N2O2. The Bertz CT molecular complexity index is 607. The van der Waals surface area contributed by atoms with E-state index in [0.29, 0.717) is 11.3 Å². The maximum absolute atomic E-state index is 12.0. The Kier molecular flexibility index (Phi) is 4.18. The van der Waals surface area contributed by atoms with Crippen LogP contribution in [0.15, 0.2) is 54.9 Å². The molecule has 1 radical (unpaired) electrons. The molecule has 4 heteroatoms. The standard InChI is InChI=1S/C15H11N2O2/c18-10-4-7-12-5-1-2-8-14(12)17-15(19)13-6-3-9-16-11-13/h1-9,11H,(H,17,19)/b7-4+. The molecule has 1 aromatic heterocycles. The van der Waals surface area contributed by atoms with E-state index in [9.17, 15) is 9.59 Å². The molecule has 0 bridgehead atoms. The van der Waals surface area contributed by atoms with Crippen molar-refractivity contribution in [2.75, 3.05) is 5.32 Å². The first kappa shape index (κ1) is 12.7. The van der Waals surface area contributed by atoms with E-state index >= 15 is 0 Å². The van der Waals surface area contributed by atoms with E-state index in [2.05, 4.69) is 10.3 Å². The van der Waals surface area contributed by atoms with Gasteiger partial charge < -0.3 is 5.32 Å². The van der Waals surface area contributed by atoms with Crippen LogP contribution in [0.3, 0.4) is 0 Å². The van der Waals surface area contributed by atoms with Gasteiger partial charge in [0.25, 0.3) is 5.91 Å². The second-order valence-corrected chi connectivity index (χ2v) is 3.73. The highest BCUT2D eigenvalue weighted by atomic mass is 16.1. The van der Waals surface area contributed by atoms with Gasteiger partial charge in [0.2, 0.25) is 6.29 Å². The summed E-state index contributed by atoms with van der Waals surface area (Å²) < 4.78 is 0. The molecule has 2 aromatic rings. The van der Waals surface area contributed by atoms with Crippen LogP contribution in [0.25, 0.3) is 6.08 Å². The molecule has 2 rings (SSSR count). The molecule has 0 aliphatic carbocycles. The van der Waals surface area contributed by atoms with Crippen LogP contribution in [0.5, 0.6) is 0 Å². The van der Waals surface area contributed by atoms with Crippen LogP contribution in [-0.4, -0.2) is 17.2 Å². The zero-order valence-electron chi connectivity index (χ0n) is 10.0. The maximum atomic E-state index is 12.0. The fraction of sp³-hybridized carbons (Fsp3) is 0. The molecule has 0 saturated carbocycles. The molecule has 1 aromatic carbocycles. The smallest absolute Gasteiger partial charge is 0.257 e. The van der Waals surface area contributed by atoms with Gasteiger partial charge in [-0.1, -0.05) is 18.2 Å². The van der Waals surface area contributed by atoms with E-state index in [4.69, 9.17) is 0 Å². The quantitative estimate of drug-likeness (QED) is 0.849. The summed E-state index contributed by atoms with van der Waals surface area (Å²) in [5.41, 5.74) is 1.84. The van der Waals surface area contributed by atoms with Crippen molar-refractivity contribution in [1.29, 1.82) is 0 Å². The minimum absolute atomic E-state index is 0.246. The molecule has 1 N–H and O–H groups in total. The van der Waals surface area contributed by atoms with Crippen molar-refractivity contribution in [2.24, 2.45) is 0 Å². The molecule has 1 amide bonds. The molecule has 19 heavy (non-hydrogen) atoms. The Balaban J connectivity index is 2.22. The highest BCUT2D eigenvalue weighted by Crippen LogP contribution is 2.17. The highest BCUT2D eigenvalue weighted by molar-refractivity contribution is 6.05. The third kappa shape index (κ3) is 3.35. The summed E-state index contributed by atoms with van der Waals surface area (Å²) in [6.07, 6.45) is 7.62. The van der Waals surface area contributed by atoms with Gasteiger partial charge in [-0.2, -0.15) is 0 Å². The van der Waals surface area contributed by atoms with Crippen molar-refractivity contribution in [2.45, 2.75) is 0 Å². The van der Waals surface area contributed by atoms with Gasteiger partial charge in [-0.3, -0.25) is 14.6 Å². The molecule has 4 nitrogen and oxygen atoms in total. The SMILES string of the molecule is O=[C]/C=C/c1ccccc1NC(=O)c1cccnc1. The number of nitrogens with zero attached hydrogens (tertiary/aromatic N) is 1. The zero-order valence-corrected chi connectivity index (χ0v) is 10.0. The first-order valence-corrected chi connectivity index (χ1v) is 5.66. The number of hydrogen-bond acceptors (Lipinski definition) is 3. The van der Waals surface area contributed by atoms with Crippen LogP contribution in [0.2, 0.25) is 0 Å². The van der Waals surface area contributed by atoms with Gasteiger partial charge in [0.05, 0.1) is 5.56 Å². The summed E-state index contributed by atoms with van der Waals surface area (Å²) in [5.74, 6) is -0.246. The fourth-order valence-electron chi connectivity index (χ4n) is 1.57. The summed E-state index contributed by atoms with van der Waals surface area (Å²) in [7, 11) is 0. The average Bonchev–Trinajstić information content (AvgIpc) is 2.47. The number of nitrogens with one attached hydrogen (secondary N) is 1. The molecule has 93 valence electrons. The van der Waals surface area contributed by atoms with Gasteiger partial charge in [-0.15, -0.1) is 0 Å². The number of aromatic nitrogens is 1. The van der Waals surface area contributed by atoms with Crippen LogP contribution < -0.4 is 5.32 Å². The third-order valence-electron chi connectivity index (χ3n) is 2.46. The summed E-state index contributed by atoms with van der Waals surface area (Å²) in [6.45, 7) is 0. The number of anilines is 1. The molecular weight excluding hydrogens is 240 g/mol. The first-order valence-electron chi connectivity index (χ1n) is 5.66. The average molecular weight is 251 g/mol. The van der Waals surface area contributed by atoms with Crippen molar-refractivity contribution < 1.29 is 9.59 Å². The van der Waals surface area contributed by atoms with Crippen molar-refractivity contribution in [3.8, 4) is 0 Å². The van der Waals surface area contributed by atoms with Gasteiger partial charge in [-0.05, 0) is 35.9 Å². The molecule has 0 saturated heterocycles. The molecule has 1 heterocycles. The maximum Gasteiger partial charge on any atom is 0.257 e. The van der Waals surface area contributed by atoms with Gasteiger partial charge in [-0.25, -0.2) is 0 Å². The molecule has 0 aliphatic heterocycles. The number of carbonyl (C=O) groups excluding carboxylic acids is 2. The van der Waals surface area contributed by atoms with Gasteiger partial charge in [0.1, 0.15) is 0 Å². The van der Waals surface area contributed by atoms with Gasteiger partial charge in [0, 0.05) is 18.1 Å². The van der Waals surface area contributed by atoms with Gasteiger partial charge >= 0.3 is 0 Å². The van der Waals surface area contributed by atoms with Crippen LogP contribution in [0.4, 0.5) is 5.69 Å². The number of carbonyl (C=O) groups is 1. The second-order valence-electron chi connectivity index (χ2n) is 3.73. The number of hydrogen-bond donors (Lipinski definition) is 1. The van der Waals surface area contributed by atoms with E-state index in [-0.39, 0.29) is 5.91 Å². The van der Waals surface area contributed by atoms with Crippen molar-refractivity contribution >= 4 is 24.0 Å². The monoisotopic (exact) mass is 251 g/mol. The van der Waals surface area contributed by atoms with Crippen molar-refractivity contribution in [1.82, 2.24) is 4.98 Å². The lowest BCUT2D eigenvalue weighted by atomic mass is 10.1. The van der Waals surface area contributed by atoms with Gasteiger partial charge in [0.15, 0.2) is 0 Å². The Hall–Kier alpha value is -2.75. The molecule has 0 fully saturated rings. The van der Waals surface area contributed by atoms with Crippen LogP contribution >= 0.6 is 0 Å². The second kappa shape index (κ2) is 6.26. The topological polar surface area (TPSA) is 59.1 Å². The lowest BCUT2D eigenvalue weighted by Crippen LogP contribution is -2.12. The number of benzene rings is 1. The van der Waals surface area contributed by atoms with Crippen molar-refractivity contribution in [3.05, 3.63) is 66.0 Å². The number of rotatable bonds is 4. The zero-order chi connectivity index (χ0) is 13.5. The predicted octanol–water partition coefficient (Wildman–Crippen LogP) is 2.46. The Morgan fingerprint density at radius 3 is 2.79 bits per heavy atom. The van der Waals surface area contributed by atoms with Crippen molar-refractivity contribution in [3.63, 3.8) is 0 Å². The largest absolute Gasteiger partial charge is 0.321 e. The van der Waals surface area contributed by atoms with Crippen LogP contribution in [0, 0.1) is 0 Å². The highest BCUT2D eigenvalue weighted by Gasteiger charge is 2.07. The Morgan fingerprint density at radius 2 is 2.05 bits per heavy atom. The van der Waals surface area contributed by atoms with E-state index in [1.54, 1.807) is 48.9 Å². The normalized spacial score (nSPS) is 10.3. The summed E-state index contributed by atoms with van der Waals surface area (Å²) in [5, 5.41) is 2.78. The lowest BCUT2D eigenvalue weighted by molar-refractivity contribution is 0.102. The minimum atomic E-state index is -0.246. The van der Waals surface area contributed by atoms with Crippen LogP contribution in [-0.2, 0) is 4.79 Å². The summed E-state index contributed by atoms with van der Waals surface area (Å²) in [6, 6.07) is 10.6. The Morgan fingerprint density at radius 1 is 1.21 bits per heavy atom. The molecule has 0 atom stereocenters. The van der Waals surface area contributed by atoms with E-state index in [1.165, 1.54) is 12.3 Å². The molecule has 0 aliphatic rings. The fourth-order valence-corrected chi connectivity index (χ4v) is 1.57.